The van der Waals surface area contributed by atoms with Crippen LogP contribution >= 0.6 is 0 Å². The monoisotopic (exact) mass is 245 g/mol. The summed E-state index contributed by atoms with van der Waals surface area (Å²) in [6, 6.07) is 4.31. The van der Waals surface area contributed by atoms with Gasteiger partial charge in [-0.2, -0.15) is 0 Å². The fourth-order valence-corrected chi connectivity index (χ4v) is 3.36. The molecule has 0 radical (unpaired) electrons. The lowest BCUT2D eigenvalue weighted by Crippen LogP contribution is -2.39. The van der Waals surface area contributed by atoms with Gasteiger partial charge < -0.3 is 10.6 Å². The fraction of sp³-hybridized carbons (Fsp3) is 0.571. The van der Waals surface area contributed by atoms with Gasteiger partial charge in [-0.3, -0.25) is 9.78 Å². The Kier molecular flexibility index (Phi) is 3.04. The highest BCUT2D eigenvalue weighted by atomic mass is 16.2. The molecule has 2 unspecified atom stereocenters. The summed E-state index contributed by atoms with van der Waals surface area (Å²) in [4.78, 5) is 18.3. The first-order valence-corrected chi connectivity index (χ1v) is 6.74. The van der Waals surface area contributed by atoms with Crippen molar-refractivity contribution in [1.82, 2.24) is 9.88 Å². The van der Waals surface area contributed by atoms with Crippen molar-refractivity contribution in [1.29, 1.82) is 0 Å². The zero-order valence-corrected chi connectivity index (χ0v) is 10.5. The summed E-state index contributed by atoms with van der Waals surface area (Å²) in [6.45, 7) is 0. The molecule has 3 rings (SSSR count). The molecule has 18 heavy (non-hydrogen) atoms. The lowest BCUT2D eigenvalue weighted by Gasteiger charge is -2.32. The second kappa shape index (κ2) is 4.69. The van der Waals surface area contributed by atoms with Crippen LogP contribution in [0.5, 0.6) is 0 Å². The second-order valence-corrected chi connectivity index (χ2v) is 5.33. The third-order valence-electron chi connectivity index (χ3n) is 4.17. The third kappa shape index (κ3) is 1.90. The number of nitrogens with two attached hydrogens (primary N) is 1. The van der Waals surface area contributed by atoms with Gasteiger partial charge in [-0.1, -0.05) is 12.8 Å². The maximum Gasteiger partial charge on any atom is 0.225 e. The van der Waals surface area contributed by atoms with E-state index in [0.29, 0.717) is 12.5 Å². The Balaban J connectivity index is 1.91. The molecular weight excluding hydrogens is 226 g/mol. The van der Waals surface area contributed by atoms with Gasteiger partial charge in [0.2, 0.25) is 5.91 Å². The molecule has 2 heterocycles. The quantitative estimate of drug-likeness (QED) is 0.861. The average molecular weight is 245 g/mol. The molecule has 1 amide bonds. The standard InChI is InChI=1S/C14H19N3O/c15-12-9-13(18)17(11-3-1-2-4-11)14(12)10-5-7-16-8-6-10/h5-8,11-12,14H,1-4,9,15H2. The Labute approximate surface area is 107 Å². The van der Waals surface area contributed by atoms with Crippen LogP contribution in [0.25, 0.3) is 0 Å². The molecule has 2 aliphatic rings. The molecule has 1 aliphatic carbocycles. The predicted octanol–water partition coefficient (Wildman–Crippen LogP) is 1.62. The van der Waals surface area contributed by atoms with E-state index < -0.39 is 0 Å². The van der Waals surface area contributed by atoms with Gasteiger partial charge in [0.05, 0.1) is 6.04 Å². The van der Waals surface area contributed by atoms with E-state index in [1.165, 1.54) is 12.8 Å². The predicted molar refractivity (Wildman–Crippen MR) is 68.7 cm³/mol. The van der Waals surface area contributed by atoms with Gasteiger partial charge in [-0.25, -0.2) is 0 Å². The smallest absolute Gasteiger partial charge is 0.225 e. The van der Waals surface area contributed by atoms with E-state index in [4.69, 9.17) is 5.73 Å². The van der Waals surface area contributed by atoms with Crippen molar-refractivity contribution in [2.45, 2.75) is 50.2 Å². The third-order valence-corrected chi connectivity index (χ3v) is 4.17. The highest BCUT2D eigenvalue weighted by Gasteiger charge is 2.42. The number of carbonyl (C=O) groups excluding carboxylic acids is 1. The molecule has 1 saturated carbocycles. The van der Waals surface area contributed by atoms with Crippen LogP contribution in [0.3, 0.4) is 0 Å². The van der Waals surface area contributed by atoms with E-state index in [-0.39, 0.29) is 18.0 Å². The molecule has 2 atom stereocenters. The zero-order valence-electron chi connectivity index (χ0n) is 10.5. The van der Waals surface area contributed by atoms with Crippen LogP contribution in [-0.4, -0.2) is 27.9 Å². The van der Waals surface area contributed by atoms with Crippen LogP contribution in [-0.2, 0) is 4.79 Å². The van der Waals surface area contributed by atoms with Crippen LogP contribution < -0.4 is 5.73 Å². The molecule has 1 aliphatic heterocycles. The van der Waals surface area contributed by atoms with Crippen molar-refractivity contribution < 1.29 is 4.79 Å². The fourth-order valence-electron chi connectivity index (χ4n) is 3.36. The minimum Gasteiger partial charge on any atom is -0.331 e. The number of aromatic nitrogens is 1. The van der Waals surface area contributed by atoms with Crippen molar-refractivity contribution in [3.05, 3.63) is 30.1 Å². The van der Waals surface area contributed by atoms with Crippen LogP contribution in [0.1, 0.15) is 43.7 Å². The summed E-state index contributed by atoms with van der Waals surface area (Å²) >= 11 is 0. The number of carbonyl (C=O) groups is 1. The number of rotatable bonds is 2. The number of nitrogens with zero attached hydrogens (tertiary/aromatic N) is 2. The van der Waals surface area contributed by atoms with Crippen LogP contribution in [0, 0.1) is 0 Å². The minimum atomic E-state index is -0.0829. The lowest BCUT2D eigenvalue weighted by atomic mass is 10.0. The Morgan fingerprint density at radius 2 is 1.89 bits per heavy atom. The summed E-state index contributed by atoms with van der Waals surface area (Å²) in [5.74, 6) is 0.219. The summed E-state index contributed by atoms with van der Waals surface area (Å²) < 4.78 is 0. The molecule has 0 spiro atoms. The van der Waals surface area contributed by atoms with Crippen molar-refractivity contribution in [3.8, 4) is 0 Å². The maximum absolute atomic E-state index is 12.2. The summed E-state index contributed by atoms with van der Waals surface area (Å²) in [5.41, 5.74) is 7.30. The molecule has 4 nitrogen and oxygen atoms in total. The molecule has 2 N–H and O–H groups in total. The molecular formula is C14H19N3O. The molecule has 0 aromatic carbocycles. The lowest BCUT2D eigenvalue weighted by molar-refractivity contribution is -0.131. The van der Waals surface area contributed by atoms with Crippen LogP contribution in [0.4, 0.5) is 0 Å². The minimum absolute atomic E-state index is 0.0450. The molecule has 4 heteroatoms. The number of likely N-dealkylation sites (tertiary alicyclic amines) is 1. The maximum atomic E-state index is 12.2. The highest BCUT2D eigenvalue weighted by Crippen LogP contribution is 2.38. The number of hydrogen-bond acceptors (Lipinski definition) is 3. The number of amides is 1. The zero-order chi connectivity index (χ0) is 12.5. The Hall–Kier alpha value is -1.42. The highest BCUT2D eigenvalue weighted by molar-refractivity contribution is 5.80. The van der Waals surface area contributed by atoms with E-state index in [1.54, 1.807) is 12.4 Å². The summed E-state index contributed by atoms with van der Waals surface area (Å²) in [6.07, 6.45) is 8.73. The van der Waals surface area contributed by atoms with E-state index in [0.717, 1.165) is 18.4 Å². The first-order valence-electron chi connectivity index (χ1n) is 6.74. The van der Waals surface area contributed by atoms with E-state index in [2.05, 4.69) is 4.98 Å². The normalized spacial score (nSPS) is 29.2. The molecule has 1 aromatic rings. The van der Waals surface area contributed by atoms with Gasteiger partial charge in [-0.15, -0.1) is 0 Å². The average Bonchev–Trinajstić information content (AvgIpc) is 2.97. The summed E-state index contributed by atoms with van der Waals surface area (Å²) in [7, 11) is 0. The second-order valence-electron chi connectivity index (χ2n) is 5.33. The largest absolute Gasteiger partial charge is 0.331 e. The van der Waals surface area contributed by atoms with Gasteiger partial charge >= 0.3 is 0 Å². The summed E-state index contributed by atoms with van der Waals surface area (Å²) in [5, 5.41) is 0. The van der Waals surface area contributed by atoms with Gasteiger partial charge in [0.1, 0.15) is 0 Å². The van der Waals surface area contributed by atoms with E-state index in [9.17, 15) is 4.79 Å². The van der Waals surface area contributed by atoms with Crippen LogP contribution in [0.15, 0.2) is 24.5 Å². The van der Waals surface area contributed by atoms with Gasteiger partial charge in [0, 0.05) is 30.9 Å². The van der Waals surface area contributed by atoms with Gasteiger partial charge in [0.15, 0.2) is 0 Å². The van der Waals surface area contributed by atoms with E-state index >= 15 is 0 Å². The number of hydrogen-bond donors (Lipinski definition) is 1. The topological polar surface area (TPSA) is 59.2 Å². The van der Waals surface area contributed by atoms with Crippen molar-refractivity contribution >= 4 is 5.91 Å². The van der Waals surface area contributed by atoms with Crippen LogP contribution in [0.2, 0.25) is 0 Å². The van der Waals surface area contributed by atoms with Crippen molar-refractivity contribution in [2.24, 2.45) is 5.73 Å². The van der Waals surface area contributed by atoms with Gasteiger partial charge in [-0.05, 0) is 30.5 Å². The number of pyridine rings is 1. The Morgan fingerprint density at radius 1 is 1.22 bits per heavy atom. The molecule has 1 saturated heterocycles. The molecule has 2 fully saturated rings. The Morgan fingerprint density at radius 3 is 2.56 bits per heavy atom. The first-order chi connectivity index (χ1) is 8.77. The SMILES string of the molecule is NC1CC(=O)N(C2CCCC2)C1c1ccncc1. The van der Waals surface area contributed by atoms with Gasteiger partial charge in [0.25, 0.3) is 0 Å². The van der Waals surface area contributed by atoms with Crippen molar-refractivity contribution in [2.75, 3.05) is 0 Å². The Bertz CT molecular complexity index is 428. The van der Waals surface area contributed by atoms with Crippen molar-refractivity contribution in [3.63, 3.8) is 0 Å². The molecule has 1 aromatic heterocycles. The molecule has 96 valence electrons. The first kappa shape index (κ1) is 11.7. The molecule has 0 bridgehead atoms. The van der Waals surface area contributed by atoms with E-state index in [1.807, 2.05) is 17.0 Å².